The summed E-state index contributed by atoms with van der Waals surface area (Å²) in [5, 5.41) is 18.9. The van der Waals surface area contributed by atoms with Gasteiger partial charge in [0.1, 0.15) is 12.1 Å². The Labute approximate surface area is 176 Å². The molecular formula is C25H21N5. The highest BCUT2D eigenvalue weighted by Gasteiger charge is 2.16. The van der Waals surface area contributed by atoms with Gasteiger partial charge in [-0.3, -0.25) is 0 Å². The number of nitrogens with zero attached hydrogens (tertiary/aromatic N) is 5. The zero-order chi connectivity index (χ0) is 20.8. The fourth-order valence-electron chi connectivity index (χ4n) is 3.65. The number of hydrogen-bond donors (Lipinski definition) is 0. The Morgan fingerprint density at radius 2 is 1.47 bits per heavy atom. The van der Waals surface area contributed by atoms with Crippen LogP contribution in [0.25, 0.3) is 6.08 Å². The Morgan fingerprint density at radius 3 is 2.13 bits per heavy atom. The van der Waals surface area contributed by atoms with E-state index in [9.17, 15) is 10.5 Å². The van der Waals surface area contributed by atoms with Crippen LogP contribution < -0.4 is 4.90 Å². The SMILES string of the molecule is N#CC1=C(C#N)N=C(c2ccccc2)CC(/C=C/c2ccc(N3CCCC3)cc2)=N1. The minimum absolute atomic E-state index is 0.0486. The van der Waals surface area contributed by atoms with Gasteiger partial charge in [-0.15, -0.1) is 0 Å². The molecular weight excluding hydrogens is 370 g/mol. The van der Waals surface area contributed by atoms with E-state index >= 15 is 0 Å². The maximum absolute atomic E-state index is 9.45. The van der Waals surface area contributed by atoms with Gasteiger partial charge in [0, 0.05) is 30.9 Å². The summed E-state index contributed by atoms with van der Waals surface area (Å²) in [6.07, 6.45) is 6.85. The summed E-state index contributed by atoms with van der Waals surface area (Å²) in [4.78, 5) is 11.3. The van der Waals surface area contributed by atoms with Gasteiger partial charge in [-0.1, -0.05) is 48.5 Å². The first-order chi connectivity index (χ1) is 14.8. The lowest BCUT2D eigenvalue weighted by atomic mass is 10.0. The van der Waals surface area contributed by atoms with Crippen LogP contribution in [-0.4, -0.2) is 24.5 Å². The topological polar surface area (TPSA) is 75.5 Å². The predicted octanol–water partition coefficient (Wildman–Crippen LogP) is 4.89. The van der Waals surface area contributed by atoms with Gasteiger partial charge in [0.25, 0.3) is 0 Å². The van der Waals surface area contributed by atoms with Crippen LogP contribution in [0.4, 0.5) is 5.69 Å². The quantitative estimate of drug-likeness (QED) is 0.744. The standard InChI is InChI=1S/C25H21N5/c26-17-24-25(18-27)29-23(20-6-2-1-3-7-20)16-21(28-24)11-8-19-9-12-22(13-10-19)30-14-4-5-15-30/h1-3,6-13H,4-5,14-16H2/b11-8+. The molecule has 0 aromatic heterocycles. The normalized spacial score (nSPS) is 16.7. The molecule has 0 unspecified atom stereocenters. The second-order valence-electron chi connectivity index (χ2n) is 7.24. The minimum atomic E-state index is 0.0486. The van der Waals surface area contributed by atoms with Gasteiger partial charge in [0.05, 0.1) is 5.71 Å². The lowest BCUT2D eigenvalue weighted by Crippen LogP contribution is -2.17. The molecule has 0 saturated carbocycles. The Balaban J connectivity index is 1.60. The summed E-state index contributed by atoms with van der Waals surface area (Å²) in [7, 11) is 0. The molecule has 5 nitrogen and oxygen atoms in total. The van der Waals surface area contributed by atoms with Crippen molar-refractivity contribution in [3.8, 4) is 12.1 Å². The van der Waals surface area contributed by atoms with E-state index in [0.29, 0.717) is 12.1 Å². The first kappa shape index (κ1) is 19.4. The molecule has 146 valence electrons. The Kier molecular flexibility index (Phi) is 5.83. The number of anilines is 1. The molecule has 2 aromatic carbocycles. The molecule has 2 aliphatic heterocycles. The number of benzene rings is 2. The molecule has 1 saturated heterocycles. The number of rotatable bonds is 4. The maximum atomic E-state index is 9.45. The van der Waals surface area contributed by atoms with E-state index in [1.54, 1.807) is 0 Å². The number of aliphatic imine (C=N–C) groups is 2. The average molecular weight is 391 g/mol. The summed E-state index contributed by atoms with van der Waals surface area (Å²) in [5.41, 5.74) is 4.75. The zero-order valence-corrected chi connectivity index (χ0v) is 16.6. The Bertz CT molecular complexity index is 1120. The van der Waals surface area contributed by atoms with Crippen molar-refractivity contribution in [3.63, 3.8) is 0 Å². The van der Waals surface area contributed by atoms with Crippen molar-refractivity contribution in [2.24, 2.45) is 9.98 Å². The van der Waals surface area contributed by atoms with E-state index in [4.69, 9.17) is 0 Å². The molecule has 2 aliphatic rings. The van der Waals surface area contributed by atoms with E-state index < -0.39 is 0 Å². The van der Waals surface area contributed by atoms with Crippen LogP contribution in [0.3, 0.4) is 0 Å². The van der Waals surface area contributed by atoms with Crippen molar-refractivity contribution in [2.45, 2.75) is 19.3 Å². The molecule has 0 atom stereocenters. The highest BCUT2D eigenvalue weighted by Crippen LogP contribution is 2.22. The van der Waals surface area contributed by atoms with Crippen LogP contribution in [-0.2, 0) is 0 Å². The molecule has 30 heavy (non-hydrogen) atoms. The van der Waals surface area contributed by atoms with Crippen molar-refractivity contribution in [1.82, 2.24) is 0 Å². The summed E-state index contributed by atoms with van der Waals surface area (Å²) in [5.74, 6) is 0. The highest BCUT2D eigenvalue weighted by molar-refractivity contribution is 6.17. The maximum Gasteiger partial charge on any atom is 0.177 e. The third kappa shape index (κ3) is 4.37. The van der Waals surface area contributed by atoms with Gasteiger partial charge in [-0.25, -0.2) is 9.98 Å². The van der Waals surface area contributed by atoms with Crippen molar-refractivity contribution < 1.29 is 0 Å². The number of allylic oxidation sites excluding steroid dienone is 3. The lowest BCUT2D eigenvalue weighted by molar-refractivity contribution is 0.949. The predicted molar refractivity (Wildman–Crippen MR) is 120 cm³/mol. The van der Waals surface area contributed by atoms with E-state index in [2.05, 4.69) is 39.2 Å². The van der Waals surface area contributed by atoms with Crippen LogP contribution in [0, 0.1) is 22.7 Å². The van der Waals surface area contributed by atoms with Crippen LogP contribution >= 0.6 is 0 Å². The fourth-order valence-corrected chi connectivity index (χ4v) is 3.65. The largest absolute Gasteiger partial charge is 0.372 e. The fraction of sp³-hybridized carbons (Fsp3) is 0.200. The van der Waals surface area contributed by atoms with Gasteiger partial charge >= 0.3 is 0 Å². The molecule has 0 N–H and O–H groups in total. The van der Waals surface area contributed by atoms with Crippen molar-refractivity contribution >= 4 is 23.2 Å². The van der Waals surface area contributed by atoms with Gasteiger partial charge in [-0.05, 0) is 42.2 Å². The summed E-state index contributed by atoms with van der Waals surface area (Å²) in [6, 6.07) is 22.2. The Hall–Kier alpha value is -3.96. The molecule has 0 bridgehead atoms. The Morgan fingerprint density at radius 1 is 0.800 bits per heavy atom. The first-order valence-electron chi connectivity index (χ1n) is 10.0. The van der Waals surface area contributed by atoms with Gasteiger partial charge in [0.2, 0.25) is 0 Å². The van der Waals surface area contributed by atoms with Crippen LogP contribution in [0.15, 0.2) is 82.1 Å². The number of hydrogen-bond acceptors (Lipinski definition) is 5. The number of nitriles is 2. The van der Waals surface area contributed by atoms with Crippen LogP contribution in [0.2, 0.25) is 0 Å². The van der Waals surface area contributed by atoms with E-state index in [-0.39, 0.29) is 11.4 Å². The second-order valence-corrected chi connectivity index (χ2v) is 7.24. The first-order valence-corrected chi connectivity index (χ1v) is 10.0. The van der Waals surface area contributed by atoms with Crippen molar-refractivity contribution in [1.29, 1.82) is 10.5 Å². The van der Waals surface area contributed by atoms with Crippen LogP contribution in [0.1, 0.15) is 30.4 Å². The molecule has 4 rings (SSSR count). The molecule has 0 radical (unpaired) electrons. The lowest BCUT2D eigenvalue weighted by Gasteiger charge is -2.17. The summed E-state index contributed by atoms with van der Waals surface area (Å²) < 4.78 is 0. The zero-order valence-electron chi connectivity index (χ0n) is 16.6. The van der Waals surface area contributed by atoms with Crippen molar-refractivity contribution in [3.05, 3.63) is 83.2 Å². The van der Waals surface area contributed by atoms with Crippen molar-refractivity contribution in [2.75, 3.05) is 18.0 Å². The van der Waals surface area contributed by atoms with Gasteiger partial charge in [-0.2, -0.15) is 10.5 Å². The molecule has 2 heterocycles. The molecule has 0 spiro atoms. The minimum Gasteiger partial charge on any atom is -0.372 e. The van der Waals surface area contributed by atoms with Gasteiger partial charge < -0.3 is 4.90 Å². The summed E-state index contributed by atoms with van der Waals surface area (Å²) in [6.45, 7) is 2.25. The molecule has 5 heteroatoms. The van der Waals surface area contributed by atoms with E-state index in [1.807, 2.05) is 54.6 Å². The molecule has 1 fully saturated rings. The smallest absolute Gasteiger partial charge is 0.177 e. The molecule has 0 aliphatic carbocycles. The average Bonchev–Trinajstić information content (AvgIpc) is 3.27. The third-order valence-corrected chi connectivity index (χ3v) is 5.23. The van der Waals surface area contributed by atoms with E-state index in [1.165, 1.54) is 18.5 Å². The molecule has 0 amide bonds. The summed E-state index contributed by atoms with van der Waals surface area (Å²) >= 11 is 0. The van der Waals surface area contributed by atoms with Crippen LogP contribution in [0.5, 0.6) is 0 Å². The van der Waals surface area contributed by atoms with Gasteiger partial charge in [0.15, 0.2) is 11.4 Å². The monoisotopic (exact) mass is 391 g/mol. The third-order valence-electron chi connectivity index (χ3n) is 5.23. The van der Waals surface area contributed by atoms with E-state index in [0.717, 1.165) is 29.9 Å². The molecule has 2 aromatic rings. The second kappa shape index (κ2) is 9.03. The highest BCUT2D eigenvalue weighted by atomic mass is 15.1.